The maximum Gasteiger partial charge on any atom is 0.244 e. The summed E-state index contributed by atoms with van der Waals surface area (Å²) in [6, 6.07) is 1.73. The van der Waals surface area contributed by atoms with Crippen LogP contribution in [0.1, 0.15) is 32.1 Å². The molecule has 0 aliphatic heterocycles. The molecular formula is C11H18BrNO2S2. The fraction of sp³-hybridized carbons (Fsp3) is 0.636. The van der Waals surface area contributed by atoms with Gasteiger partial charge in [-0.3, -0.25) is 0 Å². The third-order valence-electron chi connectivity index (χ3n) is 2.82. The van der Waals surface area contributed by atoms with Gasteiger partial charge in [0.2, 0.25) is 10.0 Å². The van der Waals surface area contributed by atoms with E-state index in [-0.39, 0.29) is 6.04 Å². The molecule has 0 amide bonds. The van der Waals surface area contributed by atoms with E-state index >= 15 is 0 Å². The molecule has 0 saturated heterocycles. The van der Waals surface area contributed by atoms with Gasteiger partial charge in [-0.1, -0.05) is 13.8 Å². The molecule has 1 atom stereocenters. The Labute approximate surface area is 116 Å². The van der Waals surface area contributed by atoms with E-state index in [2.05, 4.69) is 15.9 Å². The van der Waals surface area contributed by atoms with E-state index in [1.165, 1.54) is 11.3 Å². The Hall–Kier alpha value is 0.0900. The van der Waals surface area contributed by atoms with E-state index in [1.54, 1.807) is 10.4 Å². The summed E-state index contributed by atoms with van der Waals surface area (Å²) < 4.78 is 27.4. The van der Waals surface area contributed by atoms with Gasteiger partial charge in [-0.15, -0.1) is 11.3 Å². The summed E-state index contributed by atoms with van der Waals surface area (Å²) in [5.41, 5.74) is 0. The van der Waals surface area contributed by atoms with E-state index in [4.69, 9.17) is 0 Å². The SMILES string of the molecule is CCC(C)N(CC)S(=O)(=O)c1cc(Br)sc1C. The number of thiophene rings is 1. The fourth-order valence-electron chi connectivity index (χ4n) is 1.74. The van der Waals surface area contributed by atoms with Crippen molar-refractivity contribution in [2.75, 3.05) is 6.54 Å². The molecule has 1 aromatic rings. The zero-order chi connectivity index (χ0) is 13.2. The summed E-state index contributed by atoms with van der Waals surface area (Å²) in [5.74, 6) is 0. The van der Waals surface area contributed by atoms with Crippen molar-refractivity contribution in [2.45, 2.75) is 45.1 Å². The zero-order valence-electron chi connectivity index (χ0n) is 10.5. The minimum atomic E-state index is -3.36. The molecule has 0 bridgehead atoms. The Balaban J connectivity index is 3.22. The normalized spacial score (nSPS) is 14.2. The number of halogens is 1. The summed E-state index contributed by atoms with van der Waals surface area (Å²) in [6.07, 6.45) is 0.817. The first-order valence-corrected chi connectivity index (χ1v) is 8.67. The minimum absolute atomic E-state index is 0.0306. The van der Waals surface area contributed by atoms with Gasteiger partial charge in [0, 0.05) is 17.5 Å². The van der Waals surface area contributed by atoms with Gasteiger partial charge in [0.05, 0.1) is 8.68 Å². The van der Waals surface area contributed by atoms with E-state index in [1.807, 2.05) is 27.7 Å². The van der Waals surface area contributed by atoms with Crippen molar-refractivity contribution in [3.63, 3.8) is 0 Å². The fourth-order valence-corrected chi connectivity index (χ4v) is 5.83. The monoisotopic (exact) mass is 339 g/mol. The average Bonchev–Trinajstić information content (AvgIpc) is 2.58. The van der Waals surface area contributed by atoms with Crippen LogP contribution in [0.2, 0.25) is 0 Å². The van der Waals surface area contributed by atoms with Crippen LogP contribution in [0.15, 0.2) is 14.7 Å². The lowest BCUT2D eigenvalue weighted by Gasteiger charge is -2.26. The lowest BCUT2D eigenvalue weighted by atomic mass is 10.3. The molecule has 1 heterocycles. The summed E-state index contributed by atoms with van der Waals surface area (Å²) >= 11 is 4.79. The van der Waals surface area contributed by atoms with E-state index in [9.17, 15) is 8.42 Å². The van der Waals surface area contributed by atoms with Crippen molar-refractivity contribution in [3.8, 4) is 0 Å². The molecule has 1 unspecified atom stereocenters. The number of nitrogens with zero attached hydrogens (tertiary/aromatic N) is 1. The van der Waals surface area contributed by atoms with Crippen LogP contribution < -0.4 is 0 Å². The molecule has 1 aromatic heterocycles. The van der Waals surface area contributed by atoms with Gasteiger partial charge in [-0.25, -0.2) is 8.42 Å². The van der Waals surface area contributed by atoms with Crippen molar-refractivity contribution in [3.05, 3.63) is 14.7 Å². The predicted octanol–water partition coefficient (Wildman–Crippen LogP) is 3.63. The number of aryl methyl sites for hydroxylation is 1. The topological polar surface area (TPSA) is 37.4 Å². The van der Waals surface area contributed by atoms with Crippen molar-refractivity contribution in [1.82, 2.24) is 4.31 Å². The Morgan fingerprint density at radius 1 is 1.47 bits per heavy atom. The van der Waals surface area contributed by atoms with Gasteiger partial charge in [-0.2, -0.15) is 4.31 Å². The highest BCUT2D eigenvalue weighted by Crippen LogP contribution is 2.32. The highest BCUT2D eigenvalue weighted by atomic mass is 79.9. The molecule has 0 saturated carbocycles. The van der Waals surface area contributed by atoms with Crippen LogP contribution >= 0.6 is 27.3 Å². The molecule has 98 valence electrons. The summed E-state index contributed by atoms with van der Waals surface area (Å²) in [5, 5.41) is 0. The quantitative estimate of drug-likeness (QED) is 0.821. The van der Waals surface area contributed by atoms with Gasteiger partial charge in [-0.05, 0) is 42.3 Å². The molecular weight excluding hydrogens is 322 g/mol. The van der Waals surface area contributed by atoms with Crippen molar-refractivity contribution in [1.29, 1.82) is 0 Å². The van der Waals surface area contributed by atoms with Crippen LogP contribution in [0, 0.1) is 6.92 Å². The molecule has 0 fully saturated rings. The van der Waals surface area contributed by atoms with Gasteiger partial charge < -0.3 is 0 Å². The third kappa shape index (κ3) is 3.10. The van der Waals surface area contributed by atoms with Crippen LogP contribution in [0.25, 0.3) is 0 Å². The largest absolute Gasteiger partial charge is 0.244 e. The van der Waals surface area contributed by atoms with Crippen LogP contribution in [-0.4, -0.2) is 25.3 Å². The first-order chi connectivity index (χ1) is 7.84. The lowest BCUT2D eigenvalue weighted by Crippen LogP contribution is -2.38. The predicted molar refractivity (Wildman–Crippen MR) is 76.1 cm³/mol. The molecule has 0 aliphatic rings. The Kier molecular flexibility index (Phi) is 5.19. The second kappa shape index (κ2) is 5.82. The van der Waals surface area contributed by atoms with Crippen molar-refractivity contribution in [2.24, 2.45) is 0 Å². The molecule has 17 heavy (non-hydrogen) atoms. The molecule has 0 aromatic carbocycles. The third-order valence-corrected chi connectivity index (χ3v) is 6.72. The molecule has 0 aliphatic carbocycles. The number of rotatable bonds is 5. The van der Waals surface area contributed by atoms with Gasteiger partial charge in [0.25, 0.3) is 0 Å². The Morgan fingerprint density at radius 3 is 2.41 bits per heavy atom. The summed E-state index contributed by atoms with van der Waals surface area (Å²) in [7, 11) is -3.36. The number of sulfonamides is 1. The standard InChI is InChI=1S/C11H18BrNO2S2/c1-5-8(3)13(6-2)17(14,15)10-7-11(12)16-9(10)4/h7-8H,5-6H2,1-4H3. The van der Waals surface area contributed by atoms with Gasteiger partial charge in [0.15, 0.2) is 0 Å². The van der Waals surface area contributed by atoms with Crippen molar-refractivity contribution >= 4 is 37.3 Å². The number of hydrogen-bond acceptors (Lipinski definition) is 3. The maximum absolute atomic E-state index is 12.5. The molecule has 0 spiro atoms. The van der Waals surface area contributed by atoms with E-state index in [0.717, 1.165) is 15.1 Å². The van der Waals surface area contributed by atoms with Crippen LogP contribution in [-0.2, 0) is 10.0 Å². The first kappa shape index (κ1) is 15.1. The second-order valence-electron chi connectivity index (χ2n) is 3.94. The van der Waals surface area contributed by atoms with Gasteiger partial charge >= 0.3 is 0 Å². The first-order valence-electron chi connectivity index (χ1n) is 5.62. The minimum Gasteiger partial charge on any atom is -0.207 e. The molecule has 0 N–H and O–H groups in total. The maximum atomic E-state index is 12.5. The lowest BCUT2D eigenvalue weighted by molar-refractivity contribution is 0.342. The Morgan fingerprint density at radius 2 is 2.06 bits per heavy atom. The Bertz CT molecular complexity index is 482. The van der Waals surface area contributed by atoms with Crippen LogP contribution in [0.5, 0.6) is 0 Å². The van der Waals surface area contributed by atoms with Crippen molar-refractivity contribution < 1.29 is 8.42 Å². The zero-order valence-corrected chi connectivity index (χ0v) is 13.7. The van der Waals surface area contributed by atoms with Gasteiger partial charge in [0.1, 0.15) is 0 Å². The number of hydrogen-bond donors (Lipinski definition) is 0. The molecule has 0 radical (unpaired) electrons. The smallest absolute Gasteiger partial charge is 0.207 e. The average molecular weight is 340 g/mol. The highest BCUT2D eigenvalue weighted by molar-refractivity contribution is 9.11. The van der Waals surface area contributed by atoms with E-state index < -0.39 is 10.0 Å². The van der Waals surface area contributed by atoms with Crippen LogP contribution in [0.3, 0.4) is 0 Å². The highest BCUT2D eigenvalue weighted by Gasteiger charge is 2.29. The molecule has 1 rings (SSSR count). The second-order valence-corrected chi connectivity index (χ2v) is 8.43. The molecule has 6 heteroatoms. The molecule has 3 nitrogen and oxygen atoms in total. The summed E-state index contributed by atoms with van der Waals surface area (Å²) in [4.78, 5) is 1.26. The summed E-state index contributed by atoms with van der Waals surface area (Å²) in [6.45, 7) is 8.16. The van der Waals surface area contributed by atoms with Crippen LogP contribution in [0.4, 0.5) is 0 Å². The van der Waals surface area contributed by atoms with E-state index in [0.29, 0.717) is 11.4 Å².